The summed E-state index contributed by atoms with van der Waals surface area (Å²) < 4.78 is 1.91. The summed E-state index contributed by atoms with van der Waals surface area (Å²) in [7, 11) is 0. The van der Waals surface area contributed by atoms with Crippen molar-refractivity contribution in [1.29, 1.82) is 0 Å². The Balaban J connectivity index is 1.66. The normalized spacial score (nSPS) is 17.6. The summed E-state index contributed by atoms with van der Waals surface area (Å²) in [6, 6.07) is 5.84. The van der Waals surface area contributed by atoms with Gasteiger partial charge in [-0.25, -0.2) is 15.0 Å². The molecule has 0 unspecified atom stereocenters. The van der Waals surface area contributed by atoms with Crippen LogP contribution in [-0.4, -0.2) is 36.7 Å². The molecule has 0 saturated carbocycles. The van der Waals surface area contributed by atoms with E-state index in [2.05, 4.69) is 15.0 Å². The maximum atomic E-state index is 13.0. The molecule has 3 aromatic heterocycles. The highest BCUT2D eigenvalue weighted by atomic mass is 16.2. The third-order valence-corrected chi connectivity index (χ3v) is 4.47. The number of nitrogens with zero attached hydrogens (tertiary/aromatic N) is 5. The Kier molecular flexibility index (Phi) is 3.52. The van der Waals surface area contributed by atoms with Crippen LogP contribution in [0.5, 0.6) is 0 Å². The molecule has 1 aliphatic heterocycles. The van der Waals surface area contributed by atoms with Gasteiger partial charge in [0.25, 0.3) is 5.91 Å². The topological polar surface area (TPSA) is 63.4 Å². The quantitative estimate of drug-likeness (QED) is 0.728. The lowest BCUT2D eigenvalue weighted by Gasteiger charge is -2.23. The van der Waals surface area contributed by atoms with E-state index in [1.807, 2.05) is 53.7 Å². The van der Waals surface area contributed by atoms with Crippen LogP contribution in [0.15, 0.2) is 36.8 Å². The minimum absolute atomic E-state index is 0.00532. The predicted octanol–water partition coefficient (Wildman–Crippen LogP) is 2.72. The lowest BCUT2D eigenvalue weighted by molar-refractivity contribution is 0.0727. The summed E-state index contributed by atoms with van der Waals surface area (Å²) in [5, 5.41) is 0. The van der Waals surface area contributed by atoms with Crippen molar-refractivity contribution in [3.05, 3.63) is 59.6 Å². The molecule has 0 aliphatic carbocycles. The molecule has 6 heteroatoms. The van der Waals surface area contributed by atoms with E-state index in [-0.39, 0.29) is 11.9 Å². The van der Waals surface area contributed by atoms with Crippen LogP contribution < -0.4 is 0 Å². The highest BCUT2D eigenvalue weighted by Crippen LogP contribution is 2.31. The molecule has 1 atom stereocenters. The van der Waals surface area contributed by atoms with Gasteiger partial charge in [-0.3, -0.25) is 4.79 Å². The van der Waals surface area contributed by atoms with Crippen LogP contribution in [0.1, 0.15) is 46.5 Å². The maximum Gasteiger partial charge on any atom is 0.274 e. The lowest BCUT2D eigenvalue weighted by Crippen LogP contribution is -2.31. The van der Waals surface area contributed by atoms with Gasteiger partial charge in [0, 0.05) is 25.1 Å². The Labute approximate surface area is 140 Å². The maximum absolute atomic E-state index is 13.0. The molecule has 1 amide bonds. The van der Waals surface area contributed by atoms with Gasteiger partial charge in [-0.1, -0.05) is 6.07 Å². The van der Waals surface area contributed by atoms with Crippen LogP contribution in [0.2, 0.25) is 0 Å². The van der Waals surface area contributed by atoms with Crippen molar-refractivity contribution in [1.82, 2.24) is 24.3 Å². The molecule has 0 radical (unpaired) electrons. The van der Waals surface area contributed by atoms with E-state index in [1.165, 1.54) is 0 Å². The molecule has 0 bridgehead atoms. The molecule has 4 rings (SSSR count). The van der Waals surface area contributed by atoms with Gasteiger partial charge in [-0.15, -0.1) is 0 Å². The van der Waals surface area contributed by atoms with Crippen molar-refractivity contribution in [3.63, 3.8) is 0 Å². The number of aromatic nitrogens is 4. The summed E-state index contributed by atoms with van der Waals surface area (Å²) in [4.78, 5) is 28.0. The first-order valence-corrected chi connectivity index (χ1v) is 8.18. The number of carbonyl (C=O) groups is 1. The average Bonchev–Trinajstić information content (AvgIpc) is 3.20. The first-order valence-electron chi connectivity index (χ1n) is 8.18. The first-order chi connectivity index (χ1) is 11.6. The fourth-order valence-electron chi connectivity index (χ4n) is 3.33. The molecule has 0 aromatic carbocycles. The standard InChI is InChI=1S/C18H19N5O/c1-12-5-6-17-21-15(11-22(17)10-12)18(24)23-9-3-4-16(23)14-7-8-19-13(2)20-14/h5-8,10-11,16H,3-4,9H2,1-2H3/t16-/m0/s1. The molecule has 1 aliphatic rings. The zero-order valence-corrected chi connectivity index (χ0v) is 13.8. The van der Waals surface area contributed by atoms with Crippen LogP contribution in [0, 0.1) is 13.8 Å². The summed E-state index contributed by atoms with van der Waals surface area (Å²) in [6.07, 6.45) is 7.45. The molecular formula is C18H19N5O. The summed E-state index contributed by atoms with van der Waals surface area (Å²) in [6.45, 7) is 4.63. The van der Waals surface area contributed by atoms with Crippen LogP contribution in [0.3, 0.4) is 0 Å². The number of aryl methyl sites for hydroxylation is 2. The molecule has 6 nitrogen and oxygen atoms in total. The molecule has 1 fully saturated rings. The zero-order valence-electron chi connectivity index (χ0n) is 13.8. The number of hydrogen-bond acceptors (Lipinski definition) is 4. The second kappa shape index (κ2) is 5.70. The average molecular weight is 321 g/mol. The number of imidazole rings is 1. The van der Waals surface area contributed by atoms with Crippen molar-refractivity contribution in [2.24, 2.45) is 0 Å². The third kappa shape index (κ3) is 2.54. The number of pyridine rings is 1. The van der Waals surface area contributed by atoms with Gasteiger partial charge in [0.1, 0.15) is 17.2 Å². The molecule has 24 heavy (non-hydrogen) atoms. The van der Waals surface area contributed by atoms with Gasteiger partial charge in [-0.05, 0) is 44.4 Å². The van der Waals surface area contributed by atoms with E-state index in [4.69, 9.17) is 0 Å². The highest BCUT2D eigenvalue weighted by molar-refractivity contribution is 5.93. The molecule has 4 heterocycles. The largest absolute Gasteiger partial charge is 0.329 e. The Hall–Kier alpha value is -2.76. The van der Waals surface area contributed by atoms with Crippen LogP contribution >= 0.6 is 0 Å². The van der Waals surface area contributed by atoms with E-state index >= 15 is 0 Å². The minimum Gasteiger partial charge on any atom is -0.329 e. The van der Waals surface area contributed by atoms with Crippen molar-refractivity contribution >= 4 is 11.6 Å². The SMILES string of the molecule is Cc1ccc2nc(C(=O)N3CCC[C@H]3c3ccnc(C)n3)cn2c1. The van der Waals surface area contributed by atoms with E-state index < -0.39 is 0 Å². The van der Waals surface area contributed by atoms with Gasteiger partial charge in [0.05, 0.1) is 11.7 Å². The van der Waals surface area contributed by atoms with E-state index in [1.54, 1.807) is 6.20 Å². The van der Waals surface area contributed by atoms with E-state index in [9.17, 15) is 4.79 Å². The fraction of sp³-hybridized carbons (Fsp3) is 0.333. The molecule has 0 N–H and O–H groups in total. The van der Waals surface area contributed by atoms with Gasteiger partial charge in [0.15, 0.2) is 0 Å². The van der Waals surface area contributed by atoms with Crippen LogP contribution in [0.25, 0.3) is 5.65 Å². The van der Waals surface area contributed by atoms with Crippen molar-refractivity contribution < 1.29 is 4.79 Å². The molecule has 0 spiro atoms. The van der Waals surface area contributed by atoms with E-state index in [0.717, 1.165) is 42.1 Å². The number of hydrogen-bond donors (Lipinski definition) is 0. The second-order valence-electron chi connectivity index (χ2n) is 6.28. The van der Waals surface area contributed by atoms with Crippen molar-refractivity contribution in [2.45, 2.75) is 32.7 Å². The fourth-order valence-corrected chi connectivity index (χ4v) is 3.33. The Bertz CT molecular complexity index is 917. The van der Waals surface area contributed by atoms with Gasteiger partial charge >= 0.3 is 0 Å². The highest BCUT2D eigenvalue weighted by Gasteiger charge is 2.32. The summed E-state index contributed by atoms with van der Waals surface area (Å²) >= 11 is 0. The van der Waals surface area contributed by atoms with Crippen molar-refractivity contribution in [2.75, 3.05) is 6.54 Å². The predicted molar refractivity (Wildman–Crippen MR) is 89.7 cm³/mol. The molecule has 122 valence electrons. The Morgan fingerprint density at radius 1 is 1.17 bits per heavy atom. The third-order valence-electron chi connectivity index (χ3n) is 4.47. The number of carbonyl (C=O) groups excluding carboxylic acids is 1. The van der Waals surface area contributed by atoms with Crippen molar-refractivity contribution in [3.8, 4) is 0 Å². The molecular weight excluding hydrogens is 302 g/mol. The molecule has 1 saturated heterocycles. The second-order valence-corrected chi connectivity index (χ2v) is 6.28. The zero-order chi connectivity index (χ0) is 16.7. The molecule has 3 aromatic rings. The monoisotopic (exact) mass is 321 g/mol. The number of amides is 1. The van der Waals surface area contributed by atoms with Gasteiger partial charge < -0.3 is 9.30 Å². The van der Waals surface area contributed by atoms with Crippen LogP contribution in [0.4, 0.5) is 0 Å². The first kappa shape index (κ1) is 14.8. The van der Waals surface area contributed by atoms with Crippen LogP contribution in [-0.2, 0) is 0 Å². The number of likely N-dealkylation sites (tertiary alicyclic amines) is 1. The Morgan fingerprint density at radius 3 is 2.88 bits per heavy atom. The Morgan fingerprint density at radius 2 is 2.04 bits per heavy atom. The van der Waals surface area contributed by atoms with Gasteiger partial charge in [0.2, 0.25) is 0 Å². The summed E-state index contributed by atoms with van der Waals surface area (Å²) in [5.41, 5.74) is 3.32. The smallest absolute Gasteiger partial charge is 0.274 e. The number of rotatable bonds is 2. The van der Waals surface area contributed by atoms with E-state index in [0.29, 0.717) is 5.69 Å². The van der Waals surface area contributed by atoms with Gasteiger partial charge in [-0.2, -0.15) is 0 Å². The minimum atomic E-state index is -0.0323. The lowest BCUT2D eigenvalue weighted by atomic mass is 10.1. The summed E-state index contributed by atoms with van der Waals surface area (Å²) in [5.74, 6) is 0.699. The number of fused-ring (bicyclic) bond motifs is 1.